The zero-order valence-corrected chi connectivity index (χ0v) is 18.7. The molecule has 158 valence electrons. The minimum Gasteiger partial charge on any atom is -0.372 e. The highest BCUT2D eigenvalue weighted by molar-refractivity contribution is 6.32. The number of nitriles is 1. The fourth-order valence-corrected chi connectivity index (χ4v) is 3.94. The van der Waals surface area contributed by atoms with Crippen LogP contribution in [0.25, 0.3) is 0 Å². The molecule has 0 saturated heterocycles. The average Bonchev–Trinajstić information content (AvgIpc) is 2.73. The standard InChI is InChI=1S/C23H28ClN5O/c1-23(2,3)21-14-26-20(13-27-21)22(30)28-16-6-9-17(10-7-16)29(4)18-8-5-15(12-25)19(24)11-18/h5,8,11,13-14,16-17H,6-7,9-10H2,1-4H3,(H,28,30). The van der Waals surface area contributed by atoms with Crippen molar-refractivity contribution in [2.24, 2.45) is 0 Å². The number of aromatic nitrogens is 2. The molecule has 0 bridgehead atoms. The van der Waals surface area contributed by atoms with Crippen molar-refractivity contribution < 1.29 is 4.79 Å². The van der Waals surface area contributed by atoms with Gasteiger partial charge in [0.1, 0.15) is 11.8 Å². The molecule has 1 aliphatic carbocycles. The van der Waals surface area contributed by atoms with Crippen molar-refractivity contribution in [3.8, 4) is 6.07 Å². The van der Waals surface area contributed by atoms with Crippen molar-refractivity contribution in [2.45, 2.75) is 64.0 Å². The predicted octanol–water partition coefficient (Wildman–Crippen LogP) is 4.48. The summed E-state index contributed by atoms with van der Waals surface area (Å²) in [5.74, 6) is -0.168. The Morgan fingerprint density at radius 2 is 1.90 bits per heavy atom. The molecule has 1 aromatic heterocycles. The van der Waals surface area contributed by atoms with E-state index in [0.717, 1.165) is 37.1 Å². The smallest absolute Gasteiger partial charge is 0.271 e. The molecule has 1 N–H and O–H groups in total. The van der Waals surface area contributed by atoms with Crippen LogP contribution in [0.1, 0.15) is 68.2 Å². The van der Waals surface area contributed by atoms with E-state index >= 15 is 0 Å². The molecule has 3 rings (SSSR count). The van der Waals surface area contributed by atoms with Crippen molar-refractivity contribution in [2.75, 3.05) is 11.9 Å². The van der Waals surface area contributed by atoms with Gasteiger partial charge in [-0.15, -0.1) is 0 Å². The van der Waals surface area contributed by atoms with Crippen molar-refractivity contribution >= 4 is 23.2 Å². The van der Waals surface area contributed by atoms with Gasteiger partial charge < -0.3 is 10.2 Å². The number of rotatable bonds is 4. The fraction of sp³-hybridized carbons (Fsp3) is 0.478. The second kappa shape index (κ2) is 9.01. The van der Waals surface area contributed by atoms with E-state index in [4.69, 9.17) is 16.9 Å². The van der Waals surface area contributed by atoms with E-state index in [1.807, 2.05) is 19.2 Å². The Kier molecular flexibility index (Phi) is 6.62. The van der Waals surface area contributed by atoms with Crippen molar-refractivity contribution in [1.82, 2.24) is 15.3 Å². The van der Waals surface area contributed by atoms with E-state index < -0.39 is 0 Å². The molecule has 1 amide bonds. The Bertz CT molecular complexity index is 938. The molecular weight excluding hydrogens is 398 g/mol. The molecule has 1 aromatic carbocycles. The molecule has 0 atom stereocenters. The number of nitrogens with one attached hydrogen (secondary N) is 1. The van der Waals surface area contributed by atoms with Crippen molar-refractivity contribution in [1.29, 1.82) is 5.26 Å². The van der Waals surface area contributed by atoms with Crippen LogP contribution in [-0.4, -0.2) is 35.0 Å². The Hall–Kier alpha value is -2.65. The summed E-state index contributed by atoms with van der Waals surface area (Å²) in [5, 5.41) is 12.6. The maximum absolute atomic E-state index is 12.5. The van der Waals surface area contributed by atoms with Crippen LogP contribution in [0.15, 0.2) is 30.6 Å². The van der Waals surface area contributed by atoms with Crippen LogP contribution in [0.4, 0.5) is 5.69 Å². The highest BCUT2D eigenvalue weighted by Gasteiger charge is 2.26. The number of nitrogens with zero attached hydrogens (tertiary/aromatic N) is 4. The fourth-order valence-electron chi connectivity index (χ4n) is 3.72. The maximum Gasteiger partial charge on any atom is 0.271 e. The van der Waals surface area contributed by atoms with Gasteiger partial charge in [0.25, 0.3) is 5.91 Å². The lowest BCUT2D eigenvalue weighted by atomic mass is 9.90. The first-order valence-electron chi connectivity index (χ1n) is 10.2. The Labute approximate surface area is 183 Å². The molecule has 1 saturated carbocycles. The van der Waals surface area contributed by atoms with Gasteiger partial charge in [0.05, 0.1) is 22.5 Å². The number of halogens is 1. The molecule has 6 nitrogen and oxygen atoms in total. The Balaban J connectivity index is 1.54. The van der Waals surface area contributed by atoms with Gasteiger partial charge in [-0.3, -0.25) is 9.78 Å². The number of amides is 1. The van der Waals surface area contributed by atoms with Crippen LogP contribution in [0.2, 0.25) is 5.02 Å². The van der Waals surface area contributed by atoms with Gasteiger partial charge in [-0.2, -0.15) is 5.26 Å². The number of carbonyl (C=O) groups excluding carboxylic acids is 1. The van der Waals surface area contributed by atoms with Gasteiger partial charge >= 0.3 is 0 Å². The summed E-state index contributed by atoms with van der Waals surface area (Å²) in [5.41, 5.74) is 2.62. The number of benzene rings is 1. The SMILES string of the molecule is CN(c1ccc(C#N)c(Cl)c1)C1CCC(NC(=O)c2cnc(C(C)(C)C)cn2)CC1. The van der Waals surface area contributed by atoms with Gasteiger partial charge in [-0.1, -0.05) is 32.4 Å². The summed E-state index contributed by atoms with van der Waals surface area (Å²) in [7, 11) is 2.05. The van der Waals surface area contributed by atoms with Gasteiger partial charge in [0, 0.05) is 36.4 Å². The summed E-state index contributed by atoms with van der Waals surface area (Å²) in [6.45, 7) is 6.20. The normalized spacial score (nSPS) is 19.1. The van der Waals surface area contributed by atoms with Crippen LogP contribution in [0.3, 0.4) is 0 Å². The third-order valence-corrected chi connectivity index (χ3v) is 6.03. The zero-order valence-electron chi connectivity index (χ0n) is 17.9. The molecule has 7 heteroatoms. The number of carbonyl (C=O) groups is 1. The highest BCUT2D eigenvalue weighted by Crippen LogP contribution is 2.29. The number of anilines is 1. The van der Waals surface area contributed by atoms with Crippen LogP contribution in [-0.2, 0) is 5.41 Å². The second-order valence-electron chi connectivity index (χ2n) is 8.90. The van der Waals surface area contributed by atoms with Gasteiger partial charge in [0.2, 0.25) is 0 Å². The third kappa shape index (κ3) is 5.09. The topological polar surface area (TPSA) is 81.9 Å². The van der Waals surface area contributed by atoms with E-state index in [2.05, 4.69) is 47.0 Å². The van der Waals surface area contributed by atoms with Crippen LogP contribution < -0.4 is 10.2 Å². The first-order valence-corrected chi connectivity index (χ1v) is 10.6. The summed E-state index contributed by atoms with van der Waals surface area (Å²) in [4.78, 5) is 23.4. The van der Waals surface area contributed by atoms with Crippen molar-refractivity contribution in [3.05, 3.63) is 52.6 Å². The minimum absolute atomic E-state index is 0.0917. The van der Waals surface area contributed by atoms with E-state index in [1.165, 1.54) is 0 Å². The molecule has 0 aliphatic heterocycles. The summed E-state index contributed by atoms with van der Waals surface area (Å²) in [6, 6.07) is 8.12. The predicted molar refractivity (Wildman–Crippen MR) is 119 cm³/mol. The van der Waals surface area contributed by atoms with E-state index in [-0.39, 0.29) is 17.4 Å². The maximum atomic E-state index is 12.5. The Morgan fingerprint density at radius 3 is 2.43 bits per heavy atom. The lowest BCUT2D eigenvalue weighted by Crippen LogP contribution is -2.43. The molecule has 0 spiro atoms. The van der Waals surface area contributed by atoms with Gasteiger partial charge in [0.15, 0.2) is 0 Å². The molecule has 1 heterocycles. The molecule has 0 unspecified atom stereocenters. The summed E-state index contributed by atoms with van der Waals surface area (Å²) >= 11 is 6.18. The lowest BCUT2D eigenvalue weighted by molar-refractivity contribution is 0.0920. The average molecular weight is 426 g/mol. The minimum atomic E-state index is -0.168. The zero-order chi connectivity index (χ0) is 21.9. The van der Waals surface area contributed by atoms with E-state index in [0.29, 0.717) is 22.3 Å². The molecule has 1 aliphatic rings. The van der Waals surface area contributed by atoms with Crippen LogP contribution in [0.5, 0.6) is 0 Å². The van der Waals surface area contributed by atoms with Crippen LogP contribution >= 0.6 is 11.6 Å². The Morgan fingerprint density at radius 1 is 1.20 bits per heavy atom. The lowest BCUT2D eigenvalue weighted by Gasteiger charge is -2.36. The summed E-state index contributed by atoms with van der Waals surface area (Å²) in [6.07, 6.45) is 6.98. The van der Waals surface area contributed by atoms with Gasteiger partial charge in [-0.25, -0.2) is 4.98 Å². The van der Waals surface area contributed by atoms with Gasteiger partial charge in [-0.05, 0) is 43.9 Å². The molecular formula is C23H28ClN5O. The third-order valence-electron chi connectivity index (χ3n) is 5.71. The summed E-state index contributed by atoms with van der Waals surface area (Å²) < 4.78 is 0. The molecule has 0 radical (unpaired) electrons. The first kappa shape index (κ1) is 22.0. The van der Waals surface area contributed by atoms with E-state index in [1.54, 1.807) is 18.5 Å². The number of hydrogen-bond donors (Lipinski definition) is 1. The molecule has 30 heavy (non-hydrogen) atoms. The quantitative estimate of drug-likeness (QED) is 0.781. The van der Waals surface area contributed by atoms with Crippen LogP contribution in [0, 0.1) is 11.3 Å². The molecule has 1 fully saturated rings. The highest BCUT2D eigenvalue weighted by atomic mass is 35.5. The number of hydrogen-bond acceptors (Lipinski definition) is 5. The second-order valence-corrected chi connectivity index (χ2v) is 9.31. The molecule has 2 aromatic rings. The van der Waals surface area contributed by atoms with Crippen molar-refractivity contribution in [3.63, 3.8) is 0 Å². The van der Waals surface area contributed by atoms with E-state index in [9.17, 15) is 4.79 Å². The monoisotopic (exact) mass is 425 g/mol. The largest absolute Gasteiger partial charge is 0.372 e. The first-order chi connectivity index (χ1) is 14.2.